The highest BCUT2D eigenvalue weighted by molar-refractivity contribution is 6.07. The molecule has 2 N–H and O–H groups in total. The fraction of sp³-hybridized carbons (Fsp3) is 0.619. The minimum absolute atomic E-state index is 0. The molecule has 1 atom stereocenters. The number of nitrogens with one attached hydrogen (secondary N) is 2. The van der Waals surface area contributed by atoms with Crippen LogP contribution in [0.4, 0.5) is 4.79 Å². The van der Waals surface area contributed by atoms with Crippen LogP contribution in [0.2, 0.25) is 0 Å². The molecule has 1 aromatic carbocycles. The average Bonchev–Trinajstić information content (AvgIpc) is 3.26. The number of hydrogen-bond donors (Lipinski definition) is 2. The second-order valence-corrected chi connectivity index (χ2v) is 8.03. The van der Waals surface area contributed by atoms with E-state index in [1.165, 1.54) is 16.0 Å². The third-order valence-corrected chi connectivity index (χ3v) is 6.44. The van der Waals surface area contributed by atoms with Crippen molar-refractivity contribution in [2.75, 3.05) is 32.7 Å². The van der Waals surface area contributed by atoms with E-state index in [4.69, 9.17) is 0 Å². The van der Waals surface area contributed by atoms with Gasteiger partial charge in [0, 0.05) is 38.8 Å². The van der Waals surface area contributed by atoms with Crippen molar-refractivity contribution in [2.24, 2.45) is 0 Å². The van der Waals surface area contributed by atoms with Gasteiger partial charge in [-0.25, -0.2) is 4.79 Å². The summed E-state index contributed by atoms with van der Waals surface area (Å²) in [6, 6.07) is 8.90. The number of imide groups is 1. The van der Waals surface area contributed by atoms with Crippen LogP contribution in [0.3, 0.4) is 0 Å². The molecule has 154 valence electrons. The third kappa shape index (κ3) is 3.91. The van der Waals surface area contributed by atoms with E-state index in [0.29, 0.717) is 6.54 Å². The average molecular weight is 407 g/mol. The van der Waals surface area contributed by atoms with E-state index in [9.17, 15) is 9.59 Å². The molecule has 0 bridgehead atoms. The van der Waals surface area contributed by atoms with Gasteiger partial charge in [0.1, 0.15) is 5.54 Å². The molecule has 3 fully saturated rings. The predicted molar refractivity (Wildman–Crippen MR) is 112 cm³/mol. The van der Waals surface area contributed by atoms with Crippen LogP contribution in [0.1, 0.15) is 49.8 Å². The number of hydrogen-bond acceptors (Lipinski definition) is 4. The summed E-state index contributed by atoms with van der Waals surface area (Å²) in [5.41, 5.74) is 2.04. The van der Waals surface area contributed by atoms with Gasteiger partial charge in [-0.3, -0.25) is 14.6 Å². The van der Waals surface area contributed by atoms with Crippen LogP contribution in [0.25, 0.3) is 0 Å². The van der Waals surface area contributed by atoms with Crippen molar-refractivity contribution in [1.29, 1.82) is 0 Å². The standard InChI is InChI=1S/C21H30N4O2.ClH/c1-2-16-5-7-17(8-6-16)18-15-22-11-12-24(18)13-14-25-19(26)21(23-20(25)27)9-3-4-10-21;/h5-8,18,22H,2-4,9-15H2,1H3,(H,23,27);1H. The molecule has 3 aliphatic rings. The van der Waals surface area contributed by atoms with E-state index in [-0.39, 0.29) is 30.4 Å². The quantitative estimate of drug-likeness (QED) is 0.737. The molecule has 2 saturated heterocycles. The van der Waals surface area contributed by atoms with Crippen LogP contribution in [-0.4, -0.2) is 60.0 Å². The summed E-state index contributed by atoms with van der Waals surface area (Å²) in [5.74, 6) is -0.0102. The molecule has 1 unspecified atom stereocenters. The van der Waals surface area contributed by atoms with Gasteiger partial charge in [-0.1, -0.05) is 44.0 Å². The first-order chi connectivity index (χ1) is 13.1. The van der Waals surface area contributed by atoms with Crippen molar-refractivity contribution in [3.63, 3.8) is 0 Å². The Labute approximate surface area is 173 Å². The van der Waals surface area contributed by atoms with Gasteiger partial charge in [-0.15, -0.1) is 12.4 Å². The van der Waals surface area contributed by atoms with Crippen LogP contribution < -0.4 is 10.6 Å². The van der Waals surface area contributed by atoms with Crippen molar-refractivity contribution < 1.29 is 9.59 Å². The van der Waals surface area contributed by atoms with E-state index >= 15 is 0 Å². The minimum atomic E-state index is -0.601. The van der Waals surface area contributed by atoms with E-state index < -0.39 is 5.54 Å². The Morgan fingerprint density at radius 2 is 1.82 bits per heavy atom. The van der Waals surface area contributed by atoms with Crippen molar-refractivity contribution in [3.05, 3.63) is 35.4 Å². The zero-order valence-electron chi connectivity index (χ0n) is 16.6. The van der Waals surface area contributed by atoms with Crippen molar-refractivity contribution in [1.82, 2.24) is 20.4 Å². The molecule has 1 saturated carbocycles. The number of amides is 3. The summed E-state index contributed by atoms with van der Waals surface area (Å²) in [4.78, 5) is 29.1. The van der Waals surface area contributed by atoms with E-state index in [1.807, 2.05) is 0 Å². The van der Waals surface area contributed by atoms with Crippen LogP contribution in [0.5, 0.6) is 0 Å². The minimum Gasteiger partial charge on any atom is -0.323 e. The smallest absolute Gasteiger partial charge is 0.323 e. The highest BCUT2D eigenvalue weighted by Gasteiger charge is 2.52. The molecule has 3 amide bonds. The molecular weight excluding hydrogens is 376 g/mol. The molecule has 6 nitrogen and oxygen atoms in total. The first-order valence-corrected chi connectivity index (χ1v) is 10.3. The summed E-state index contributed by atoms with van der Waals surface area (Å²) in [5, 5.41) is 6.45. The highest BCUT2D eigenvalue weighted by atomic mass is 35.5. The lowest BCUT2D eigenvalue weighted by Crippen LogP contribution is -2.49. The van der Waals surface area contributed by atoms with Crippen molar-refractivity contribution >= 4 is 24.3 Å². The van der Waals surface area contributed by atoms with E-state index in [1.54, 1.807) is 0 Å². The highest BCUT2D eigenvalue weighted by Crippen LogP contribution is 2.35. The summed E-state index contributed by atoms with van der Waals surface area (Å²) in [6.45, 7) is 6.12. The zero-order valence-corrected chi connectivity index (χ0v) is 17.4. The Kier molecular flexibility index (Phi) is 6.63. The Morgan fingerprint density at radius 1 is 1.11 bits per heavy atom. The molecule has 4 rings (SSSR count). The SMILES string of the molecule is CCc1ccc(C2CNCCN2CCN2C(=O)NC3(CCCC3)C2=O)cc1.Cl. The van der Waals surface area contributed by atoms with Gasteiger partial charge < -0.3 is 10.6 Å². The Hall–Kier alpha value is -1.63. The van der Waals surface area contributed by atoms with Crippen molar-refractivity contribution in [3.8, 4) is 0 Å². The monoisotopic (exact) mass is 406 g/mol. The Bertz CT molecular complexity index is 703. The number of rotatable bonds is 5. The predicted octanol–water partition coefficient (Wildman–Crippen LogP) is 2.48. The molecule has 1 spiro atoms. The van der Waals surface area contributed by atoms with E-state index in [0.717, 1.165) is 58.3 Å². The topological polar surface area (TPSA) is 64.7 Å². The molecular formula is C21H31ClN4O2. The number of carbonyl (C=O) groups excluding carboxylic acids is 2. The van der Waals surface area contributed by atoms with Crippen LogP contribution in [0, 0.1) is 0 Å². The number of urea groups is 1. The second kappa shape index (κ2) is 8.80. The van der Waals surface area contributed by atoms with Gasteiger partial charge in [0.05, 0.1) is 0 Å². The molecule has 28 heavy (non-hydrogen) atoms. The fourth-order valence-corrected chi connectivity index (χ4v) is 4.74. The zero-order chi connectivity index (χ0) is 18.9. The van der Waals surface area contributed by atoms with Crippen LogP contribution in [-0.2, 0) is 11.2 Å². The largest absolute Gasteiger partial charge is 0.325 e. The summed E-state index contributed by atoms with van der Waals surface area (Å²) < 4.78 is 0. The van der Waals surface area contributed by atoms with Gasteiger partial charge in [0.2, 0.25) is 0 Å². The van der Waals surface area contributed by atoms with Crippen molar-refractivity contribution in [2.45, 2.75) is 50.6 Å². The second-order valence-electron chi connectivity index (χ2n) is 8.03. The van der Waals surface area contributed by atoms with Crippen LogP contribution >= 0.6 is 12.4 Å². The number of aryl methyl sites for hydroxylation is 1. The molecule has 1 aromatic rings. The summed E-state index contributed by atoms with van der Waals surface area (Å²) in [7, 11) is 0. The van der Waals surface area contributed by atoms with Gasteiger partial charge in [0.25, 0.3) is 5.91 Å². The van der Waals surface area contributed by atoms with E-state index in [2.05, 4.69) is 46.7 Å². The Balaban J connectivity index is 0.00000225. The number of benzene rings is 1. The molecule has 7 heteroatoms. The molecule has 2 aliphatic heterocycles. The number of piperazine rings is 1. The number of halogens is 1. The third-order valence-electron chi connectivity index (χ3n) is 6.44. The van der Waals surface area contributed by atoms with Gasteiger partial charge in [-0.2, -0.15) is 0 Å². The van der Waals surface area contributed by atoms with Gasteiger partial charge in [-0.05, 0) is 30.4 Å². The lowest BCUT2D eigenvalue weighted by molar-refractivity contribution is -0.131. The van der Waals surface area contributed by atoms with Gasteiger partial charge >= 0.3 is 6.03 Å². The first kappa shape index (κ1) is 21.1. The lowest BCUT2D eigenvalue weighted by Gasteiger charge is -2.37. The molecule has 0 radical (unpaired) electrons. The first-order valence-electron chi connectivity index (χ1n) is 10.3. The molecule has 0 aromatic heterocycles. The molecule has 2 heterocycles. The van der Waals surface area contributed by atoms with Crippen LogP contribution in [0.15, 0.2) is 24.3 Å². The summed E-state index contributed by atoms with van der Waals surface area (Å²) >= 11 is 0. The maximum Gasteiger partial charge on any atom is 0.325 e. The summed E-state index contributed by atoms with van der Waals surface area (Å²) in [6.07, 6.45) is 4.66. The maximum atomic E-state index is 12.8. The number of nitrogens with zero attached hydrogens (tertiary/aromatic N) is 2. The number of carbonyl (C=O) groups is 2. The lowest BCUT2D eigenvalue weighted by atomic mass is 9.98. The molecule has 1 aliphatic carbocycles. The maximum absolute atomic E-state index is 12.8. The Morgan fingerprint density at radius 3 is 2.50 bits per heavy atom. The fourth-order valence-electron chi connectivity index (χ4n) is 4.74. The normalized spacial score (nSPS) is 24.5. The van der Waals surface area contributed by atoms with Gasteiger partial charge in [0.15, 0.2) is 0 Å².